The molecule has 2 amide bonds. The summed E-state index contributed by atoms with van der Waals surface area (Å²) in [5.74, 6) is 0.161. The maximum atomic E-state index is 13.6. The number of rotatable bonds is 11. The van der Waals surface area contributed by atoms with Crippen molar-refractivity contribution in [2.24, 2.45) is 5.92 Å². The molecule has 0 fully saturated rings. The van der Waals surface area contributed by atoms with Gasteiger partial charge in [-0.15, -0.1) is 0 Å². The van der Waals surface area contributed by atoms with Gasteiger partial charge in [0.2, 0.25) is 21.8 Å². The van der Waals surface area contributed by atoms with Gasteiger partial charge in [-0.05, 0) is 55.5 Å². The number of aryl methyl sites for hydroxylation is 2. The summed E-state index contributed by atoms with van der Waals surface area (Å²) in [6, 6.07) is 11.8. The summed E-state index contributed by atoms with van der Waals surface area (Å²) < 4.78 is 31.9. The molecule has 8 nitrogen and oxygen atoms in total. The maximum absolute atomic E-state index is 13.6. The zero-order valence-electron chi connectivity index (χ0n) is 21.7. The third kappa shape index (κ3) is 7.71. The maximum Gasteiger partial charge on any atom is 0.244 e. The van der Waals surface area contributed by atoms with Crippen molar-refractivity contribution in [1.29, 1.82) is 0 Å². The zero-order valence-corrected chi connectivity index (χ0v) is 22.5. The lowest BCUT2D eigenvalue weighted by molar-refractivity contribution is -0.139. The van der Waals surface area contributed by atoms with Crippen molar-refractivity contribution in [1.82, 2.24) is 10.2 Å². The van der Waals surface area contributed by atoms with E-state index in [1.165, 1.54) is 4.90 Å². The van der Waals surface area contributed by atoms with Crippen LogP contribution >= 0.6 is 0 Å². The molecule has 2 aromatic rings. The first-order valence-corrected chi connectivity index (χ1v) is 13.4. The van der Waals surface area contributed by atoms with Gasteiger partial charge in [-0.1, -0.05) is 44.2 Å². The molecule has 2 rings (SSSR count). The molecule has 2 aromatic carbocycles. The highest BCUT2D eigenvalue weighted by molar-refractivity contribution is 7.92. The van der Waals surface area contributed by atoms with Crippen LogP contribution in [-0.4, -0.2) is 57.6 Å². The van der Waals surface area contributed by atoms with Gasteiger partial charge >= 0.3 is 0 Å². The molecule has 1 atom stereocenters. The number of ether oxygens (including phenoxy) is 1. The van der Waals surface area contributed by atoms with Gasteiger partial charge in [0.15, 0.2) is 0 Å². The van der Waals surface area contributed by atoms with Crippen molar-refractivity contribution in [3.8, 4) is 5.75 Å². The normalized spacial score (nSPS) is 12.2. The summed E-state index contributed by atoms with van der Waals surface area (Å²) in [6.07, 6.45) is 1.08. The molecule has 0 heterocycles. The third-order valence-corrected chi connectivity index (χ3v) is 6.84. The summed E-state index contributed by atoms with van der Waals surface area (Å²) in [7, 11) is -2.20. The van der Waals surface area contributed by atoms with E-state index in [9.17, 15) is 18.0 Å². The first kappa shape index (κ1) is 28.2. The van der Waals surface area contributed by atoms with Crippen molar-refractivity contribution in [2.45, 2.75) is 47.2 Å². The van der Waals surface area contributed by atoms with Gasteiger partial charge in [-0.25, -0.2) is 8.42 Å². The Bertz CT molecular complexity index is 1110. The van der Waals surface area contributed by atoms with Gasteiger partial charge in [-0.3, -0.25) is 13.9 Å². The molecule has 0 aliphatic heterocycles. The second-order valence-corrected chi connectivity index (χ2v) is 11.1. The van der Waals surface area contributed by atoms with Crippen LogP contribution in [0.15, 0.2) is 42.5 Å². The highest BCUT2D eigenvalue weighted by Gasteiger charge is 2.31. The van der Waals surface area contributed by atoms with E-state index in [1.807, 2.05) is 58.0 Å². The minimum absolute atomic E-state index is 0.142. The average molecular weight is 504 g/mol. The molecule has 0 aliphatic rings. The lowest BCUT2D eigenvalue weighted by atomic mass is 10.1. The summed E-state index contributed by atoms with van der Waals surface area (Å²) in [6.45, 7) is 9.45. The second-order valence-electron chi connectivity index (χ2n) is 9.19. The minimum Gasteiger partial charge on any atom is -0.497 e. The number of carbonyl (C=O) groups excluding carboxylic acids is 2. The van der Waals surface area contributed by atoms with Gasteiger partial charge in [0.05, 0.1) is 19.1 Å². The monoisotopic (exact) mass is 503 g/mol. The van der Waals surface area contributed by atoms with E-state index in [0.717, 1.165) is 27.3 Å². The predicted octanol–water partition coefficient (Wildman–Crippen LogP) is 3.27. The van der Waals surface area contributed by atoms with E-state index in [0.29, 0.717) is 18.0 Å². The molecular formula is C26H37N3O5S. The number of sulfonamides is 1. The lowest BCUT2D eigenvalue weighted by Gasteiger charge is -2.32. The number of hydrogen-bond acceptors (Lipinski definition) is 5. The number of benzene rings is 2. The molecule has 192 valence electrons. The largest absolute Gasteiger partial charge is 0.497 e. The van der Waals surface area contributed by atoms with Crippen molar-refractivity contribution in [3.63, 3.8) is 0 Å². The number of carbonyl (C=O) groups is 2. The molecule has 35 heavy (non-hydrogen) atoms. The van der Waals surface area contributed by atoms with Crippen LogP contribution in [0.1, 0.15) is 37.5 Å². The van der Waals surface area contributed by atoms with Crippen molar-refractivity contribution < 1.29 is 22.7 Å². The quantitative estimate of drug-likeness (QED) is 0.508. The molecule has 0 aromatic heterocycles. The number of amides is 2. The first-order valence-electron chi connectivity index (χ1n) is 11.6. The van der Waals surface area contributed by atoms with Crippen LogP contribution in [0, 0.1) is 19.8 Å². The Hall–Kier alpha value is -3.07. The zero-order chi connectivity index (χ0) is 26.3. The highest BCUT2D eigenvalue weighted by Crippen LogP contribution is 2.27. The van der Waals surface area contributed by atoms with Crippen LogP contribution in [0.2, 0.25) is 0 Å². The SMILES string of the molecule is COc1ccc(CN(C(=O)CN(c2c(C)cccc2C)S(C)(=O)=O)[C@H](C)C(=O)NCC(C)C)cc1. The van der Waals surface area contributed by atoms with E-state index in [1.54, 1.807) is 26.2 Å². The van der Waals surface area contributed by atoms with E-state index in [4.69, 9.17) is 4.74 Å². The first-order chi connectivity index (χ1) is 16.3. The van der Waals surface area contributed by atoms with Gasteiger partial charge in [0.25, 0.3) is 0 Å². The second kappa shape index (κ2) is 12.1. The number of hydrogen-bond donors (Lipinski definition) is 1. The number of methoxy groups -OCH3 is 1. The van der Waals surface area contributed by atoms with E-state index in [2.05, 4.69) is 5.32 Å². The fraction of sp³-hybridized carbons (Fsp3) is 0.462. The Morgan fingerprint density at radius 1 is 1.00 bits per heavy atom. The molecule has 0 saturated heterocycles. The van der Waals surface area contributed by atoms with E-state index < -0.39 is 28.5 Å². The fourth-order valence-corrected chi connectivity index (χ4v) is 4.70. The standard InChI is InChI=1S/C26H37N3O5S/c1-18(2)15-27-26(31)21(5)28(16-22-11-13-23(34-6)14-12-22)24(30)17-29(35(7,32)33)25-19(3)9-8-10-20(25)4/h8-14,18,21H,15-17H2,1-7H3,(H,27,31)/t21-/m1/s1. The Morgan fingerprint density at radius 2 is 1.57 bits per heavy atom. The Kier molecular flexibility index (Phi) is 9.71. The van der Waals surface area contributed by atoms with Crippen LogP contribution in [-0.2, 0) is 26.2 Å². The molecule has 0 bridgehead atoms. The van der Waals surface area contributed by atoms with Crippen molar-refractivity contribution >= 4 is 27.5 Å². The number of nitrogens with zero attached hydrogens (tertiary/aromatic N) is 2. The molecule has 0 unspecified atom stereocenters. The third-order valence-electron chi connectivity index (χ3n) is 5.73. The Morgan fingerprint density at radius 3 is 2.06 bits per heavy atom. The number of anilines is 1. The smallest absolute Gasteiger partial charge is 0.244 e. The van der Waals surface area contributed by atoms with Crippen LogP contribution < -0.4 is 14.4 Å². The van der Waals surface area contributed by atoms with Gasteiger partial charge < -0.3 is 15.0 Å². The van der Waals surface area contributed by atoms with E-state index >= 15 is 0 Å². The highest BCUT2D eigenvalue weighted by atomic mass is 32.2. The fourth-order valence-electron chi connectivity index (χ4n) is 3.74. The van der Waals surface area contributed by atoms with E-state index in [-0.39, 0.29) is 18.4 Å². The number of nitrogens with one attached hydrogen (secondary N) is 1. The average Bonchev–Trinajstić information content (AvgIpc) is 2.79. The predicted molar refractivity (Wildman–Crippen MR) is 139 cm³/mol. The van der Waals surface area contributed by atoms with Gasteiger partial charge in [0, 0.05) is 13.1 Å². The Balaban J connectivity index is 2.42. The molecular weight excluding hydrogens is 466 g/mol. The van der Waals surface area contributed by atoms with Crippen LogP contribution in [0.25, 0.3) is 0 Å². The van der Waals surface area contributed by atoms with Gasteiger partial charge in [0.1, 0.15) is 18.3 Å². The number of para-hydroxylation sites is 1. The Labute approximate surface area is 209 Å². The van der Waals surface area contributed by atoms with Crippen LogP contribution in [0.4, 0.5) is 5.69 Å². The van der Waals surface area contributed by atoms with Crippen LogP contribution in [0.5, 0.6) is 5.75 Å². The van der Waals surface area contributed by atoms with Crippen molar-refractivity contribution in [2.75, 3.05) is 30.8 Å². The molecule has 0 saturated carbocycles. The molecule has 0 aliphatic carbocycles. The van der Waals surface area contributed by atoms with Gasteiger partial charge in [-0.2, -0.15) is 0 Å². The molecule has 0 radical (unpaired) electrons. The summed E-state index contributed by atoms with van der Waals surface area (Å²) >= 11 is 0. The summed E-state index contributed by atoms with van der Waals surface area (Å²) in [4.78, 5) is 27.9. The molecule has 0 spiro atoms. The van der Waals surface area contributed by atoms with Crippen LogP contribution in [0.3, 0.4) is 0 Å². The van der Waals surface area contributed by atoms with Crippen molar-refractivity contribution in [3.05, 3.63) is 59.2 Å². The summed E-state index contributed by atoms with van der Waals surface area (Å²) in [5, 5.41) is 2.87. The molecule has 9 heteroatoms. The summed E-state index contributed by atoms with van der Waals surface area (Å²) in [5.41, 5.74) is 2.76. The topological polar surface area (TPSA) is 96.0 Å². The lowest BCUT2D eigenvalue weighted by Crippen LogP contribution is -2.51. The molecule has 1 N–H and O–H groups in total. The minimum atomic E-state index is -3.77.